The van der Waals surface area contributed by atoms with Gasteiger partial charge in [0.05, 0.1) is 24.1 Å². The molecule has 1 aliphatic rings. The number of nitrogens with one attached hydrogen (secondary N) is 2. The van der Waals surface area contributed by atoms with Crippen molar-refractivity contribution in [2.75, 3.05) is 32.8 Å². The first kappa shape index (κ1) is 22.8. The molecule has 0 saturated carbocycles. The van der Waals surface area contributed by atoms with Gasteiger partial charge >= 0.3 is 6.03 Å². The number of ether oxygens (including phenoxy) is 1. The Morgan fingerprint density at radius 1 is 1.12 bits per heavy atom. The number of benzene rings is 2. The Morgan fingerprint density at radius 2 is 1.91 bits per heavy atom. The zero-order valence-corrected chi connectivity index (χ0v) is 19.2. The van der Waals surface area contributed by atoms with E-state index in [9.17, 15) is 9.59 Å². The third-order valence-electron chi connectivity index (χ3n) is 5.62. The van der Waals surface area contributed by atoms with E-state index in [0.717, 1.165) is 24.4 Å². The molecule has 0 atom stereocenters. The molecule has 0 spiro atoms. The van der Waals surface area contributed by atoms with E-state index in [1.165, 1.54) is 0 Å². The number of H-pyrrole nitrogens is 1. The summed E-state index contributed by atoms with van der Waals surface area (Å²) in [6, 6.07) is 15.1. The van der Waals surface area contributed by atoms with Gasteiger partial charge in [0.2, 0.25) is 0 Å². The van der Waals surface area contributed by atoms with Crippen LogP contribution in [0.25, 0.3) is 10.9 Å². The SMILES string of the molecule is CC(C)COc1cccc(CNC(=O)N2CCN(Cc3nc4ccccc4c(=O)[nH]3)CC2)c1. The fraction of sp³-hybridized carbons (Fsp3) is 0.400. The number of carbonyl (C=O) groups is 1. The van der Waals surface area contributed by atoms with Crippen LogP contribution in [0.5, 0.6) is 5.75 Å². The van der Waals surface area contributed by atoms with Crippen molar-refractivity contribution in [3.63, 3.8) is 0 Å². The molecular weight excluding hydrogens is 418 g/mol. The minimum atomic E-state index is -0.118. The summed E-state index contributed by atoms with van der Waals surface area (Å²) in [5.74, 6) is 1.94. The molecule has 1 aliphatic heterocycles. The van der Waals surface area contributed by atoms with Crippen molar-refractivity contribution >= 4 is 16.9 Å². The molecular formula is C25H31N5O3. The lowest BCUT2D eigenvalue weighted by Gasteiger charge is -2.34. The molecule has 3 aromatic rings. The van der Waals surface area contributed by atoms with Gasteiger partial charge < -0.3 is 19.9 Å². The minimum Gasteiger partial charge on any atom is -0.493 e. The number of hydrogen-bond donors (Lipinski definition) is 2. The Bertz CT molecular complexity index is 1150. The monoisotopic (exact) mass is 449 g/mol. The van der Waals surface area contributed by atoms with Crippen LogP contribution in [0, 0.1) is 5.92 Å². The standard InChI is InChI=1S/C25H31N5O3/c1-18(2)17-33-20-7-5-6-19(14-20)15-26-25(32)30-12-10-29(11-13-30)16-23-27-22-9-4-3-8-21(22)24(31)28-23/h3-9,14,18H,10-13,15-17H2,1-2H3,(H,26,32)(H,27,28,31). The predicted molar refractivity (Wildman–Crippen MR) is 128 cm³/mol. The van der Waals surface area contributed by atoms with Crippen molar-refractivity contribution in [3.8, 4) is 5.75 Å². The van der Waals surface area contributed by atoms with Gasteiger partial charge in [-0.2, -0.15) is 0 Å². The Kier molecular flexibility index (Phi) is 7.24. The van der Waals surface area contributed by atoms with E-state index >= 15 is 0 Å². The van der Waals surface area contributed by atoms with Gasteiger partial charge in [0.15, 0.2) is 0 Å². The average Bonchev–Trinajstić information content (AvgIpc) is 2.82. The molecule has 0 unspecified atom stereocenters. The van der Waals surface area contributed by atoms with Crippen molar-refractivity contribution in [2.24, 2.45) is 5.92 Å². The maximum Gasteiger partial charge on any atom is 0.317 e. The van der Waals surface area contributed by atoms with Gasteiger partial charge in [-0.15, -0.1) is 0 Å². The van der Waals surface area contributed by atoms with Crippen LogP contribution in [-0.2, 0) is 13.1 Å². The molecule has 0 bridgehead atoms. The molecule has 2 aromatic carbocycles. The molecule has 0 radical (unpaired) electrons. The Balaban J connectivity index is 1.26. The lowest BCUT2D eigenvalue weighted by atomic mass is 10.2. The van der Waals surface area contributed by atoms with Crippen LogP contribution in [-0.4, -0.2) is 58.6 Å². The summed E-state index contributed by atoms with van der Waals surface area (Å²) in [4.78, 5) is 36.4. The molecule has 2 amide bonds. The highest BCUT2D eigenvalue weighted by Crippen LogP contribution is 2.15. The fourth-order valence-electron chi connectivity index (χ4n) is 3.83. The number of nitrogens with zero attached hydrogens (tertiary/aromatic N) is 3. The maximum atomic E-state index is 12.6. The number of carbonyl (C=O) groups excluding carboxylic acids is 1. The topological polar surface area (TPSA) is 90.6 Å². The molecule has 1 fully saturated rings. The first-order valence-electron chi connectivity index (χ1n) is 11.4. The quantitative estimate of drug-likeness (QED) is 0.579. The number of urea groups is 1. The molecule has 0 aliphatic carbocycles. The number of aromatic amines is 1. The van der Waals surface area contributed by atoms with E-state index in [1.807, 2.05) is 47.4 Å². The van der Waals surface area contributed by atoms with E-state index in [2.05, 4.69) is 34.0 Å². The third-order valence-corrected chi connectivity index (χ3v) is 5.62. The Morgan fingerprint density at radius 3 is 2.70 bits per heavy atom. The number of fused-ring (bicyclic) bond motifs is 1. The number of piperazine rings is 1. The maximum absolute atomic E-state index is 12.6. The van der Waals surface area contributed by atoms with E-state index < -0.39 is 0 Å². The summed E-state index contributed by atoms with van der Waals surface area (Å²) in [5.41, 5.74) is 1.59. The molecule has 174 valence electrons. The first-order chi connectivity index (χ1) is 16.0. The molecule has 2 N–H and O–H groups in total. The van der Waals surface area contributed by atoms with Gasteiger partial charge in [-0.3, -0.25) is 9.69 Å². The summed E-state index contributed by atoms with van der Waals surface area (Å²) in [7, 11) is 0. The summed E-state index contributed by atoms with van der Waals surface area (Å²) in [6.07, 6.45) is 0. The van der Waals surface area contributed by atoms with Crippen LogP contribution in [0.1, 0.15) is 25.2 Å². The highest BCUT2D eigenvalue weighted by molar-refractivity contribution is 5.77. The van der Waals surface area contributed by atoms with Gasteiger partial charge in [-0.1, -0.05) is 38.1 Å². The summed E-state index contributed by atoms with van der Waals surface area (Å²) < 4.78 is 5.77. The second kappa shape index (κ2) is 10.5. The summed E-state index contributed by atoms with van der Waals surface area (Å²) in [5, 5.41) is 3.60. The third kappa shape index (κ3) is 6.10. The zero-order chi connectivity index (χ0) is 23.2. The predicted octanol–water partition coefficient (Wildman–Crippen LogP) is 2.99. The first-order valence-corrected chi connectivity index (χ1v) is 11.4. The van der Waals surface area contributed by atoms with E-state index in [4.69, 9.17) is 4.74 Å². The highest BCUT2D eigenvalue weighted by Gasteiger charge is 2.21. The van der Waals surface area contributed by atoms with Crippen LogP contribution >= 0.6 is 0 Å². The van der Waals surface area contributed by atoms with Crippen LogP contribution in [0.3, 0.4) is 0 Å². The smallest absolute Gasteiger partial charge is 0.317 e. The van der Waals surface area contributed by atoms with Crippen molar-refractivity contribution in [1.82, 2.24) is 25.1 Å². The molecule has 8 heteroatoms. The minimum absolute atomic E-state index is 0.0691. The lowest BCUT2D eigenvalue weighted by Crippen LogP contribution is -2.51. The molecule has 33 heavy (non-hydrogen) atoms. The van der Waals surface area contributed by atoms with Gasteiger partial charge in [0.1, 0.15) is 11.6 Å². The number of aromatic nitrogens is 2. The molecule has 1 saturated heterocycles. The van der Waals surface area contributed by atoms with Crippen LogP contribution in [0.2, 0.25) is 0 Å². The number of para-hydroxylation sites is 1. The van der Waals surface area contributed by atoms with Crippen molar-refractivity contribution < 1.29 is 9.53 Å². The zero-order valence-electron chi connectivity index (χ0n) is 19.2. The van der Waals surface area contributed by atoms with Crippen molar-refractivity contribution in [1.29, 1.82) is 0 Å². The average molecular weight is 450 g/mol. The van der Waals surface area contributed by atoms with Gasteiger partial charge in [-0.05, 0) is 35.7 Å². The van der Waals surface area contributed by atoms with Crippen LogP contribution < -0.4 is 15.6 Å². The Hall–Kier alpha value is -3.39. The molecule has 8 nitrogen and oxygen atoms in total. The van der Waals surface area contributed by atoms with E-state index in [0.29, 0.717) is 55.4 Å². The van der Waals surface area contributed by atoms with Crippen molar-refractivity contribution in [3.05, 3.63) is 70.3 Å². The lowest BCUT2D eigenvalue weighted by molar-refractivity contribution is 0.133. The second-order valence-corrected chi connectivity index (χ2v) is 8.80. The Labute approximate surface area is 193 Å². The second-order valence-electron chi connectivity index (χ2n) is 8.80. The highest BCUT2D eigenvalue weighted by atomic mass is 16.5. The van der Waals surface area contributed by atoms with E-state index in [1.54, 1.807) is 6.07 Å². The van der Waals surface area contributed by atoms with Crippen molar-refractivity contribution in [2.45, 2.75) is 26.9 Å². The van der Waals surface area contributed by atoms with Crippen LogP contribution in [0.15, 0.2) is 53.3 Å². The van der Waals surface area contributed by atoms with Gasteiger partial charge in [0.25, 0.3) is 5.56 Å². The van der Waals surface area contributed by atoms with Crippen LogP contribution in [0.4, 0.5) is 4.79 Å². The molecule has 4 rings (SSSR count). The summed E-state index contributed by atoms with van der Waals surface area (Å²) >= 11 is 0. The van der Waals surface area contributed by atoms with E-state index in [-0.39, 0.29) is 11.6 Å². The fourth-order valence-corrected chi connectivity index (χ4v) is 3.83. The largest absolute Gasteiger partial charge is 0.493 e. The van der Waals surface area contributed by atoms with Gasteiger partial charge in [0, 0.05) is 32.7 Å². The van der Waals surface area contributed by atoms with Gasteiger partial charge in [-0.25, -0.2) is 9.78 Å². The molecule has 1 aromatic heterocycles. The molecule has 2 heterocycles. The number of rotatable bonds is 7. The number of amides is 2. The number of hydrogen-bond acceptors (Lipinski definition) is 5. The summed E-state index contributed by atoms with van der Waals surface area (Å²) in [6.45, 7) is 8.61. The normalized spacial score (nSPS) is 14.6.